The van der Waals surface area contributed by atoms with Crippen molar-refractivity contribution in [1.82, 2.24) is 4.90 Å². The second-order valence-corrected chi connectivity index (χ2v) is 5.44. The summed E-state index contributed by atoms with van der Waals surface area (Å²) in [6.07, 6.45) is 1.30. The van der Waals surface area contributed by atoms with Crippen LogP contribution in [0.5, 0.6) is 0 Å². The molecule has 4 unspecified atom stereocenters. The van der Waals surface area contributed by atoms with Crippen molar-refractivity contribution in [1.29, 1.82) is 0 Å². The first kappa shape index (κ1) is 13.5. The molecular formula is C13H25NO2. The zero-order chi connectivity index (χ0) is 12.3. The fourth-order valence-corrected chi connectivity index (χ4v) is 2.70. The van der Waals surface area contributed by atoms with E-state index in [4.69, 9.17) is 4.74 Å². The van der Waals surface area contributed by atoms with E-state index in [1.54, 1.807) is 0 Å². The van der Waals surface area contributed by atoms with E-state index in [0.717, 1.165) is 19.0 Å². The Morgan fingerprint density at radius 3 is 2.62 bits per heavy atom. The summed E-state index contributed by atoms with van der Waals surface area (Å²) in [7, 11) is 1.46. The van der Waals surface area contributed by atoms with Crippen LogP contribution in [-0.4, -0.2) is 37.1 Å². The van der Waals surface area contributed by atoms with Gasteiger partial charge >= 0.3 is 5.97 Å². The van der Waals surface area contributed by atoms with Crippen LogP contribution in [0.3, 0.4) is 0 Å². The van der Waals surface area contributed by atoms with Gasteiger partial charge in [0.05, 0.1) is 13.0 Å². The van der Waals surface area contributed by atoms with E-state index in [1.807, 2.05) is 6.92 Å². The molecule has 16 heavy (non-hydrogen) atoms. The fourth-order valence-electron chi connectivity index (χ4n) is 2.70. The molecule has 3 heteroatoms. The van der Waals surface area contributed by atoms with Gasteiger partial charge in [0, 0.05) is 19.1 Å². The van der Waals surface area contributed by atoms with Crippen molar-refractivity contribution in [3.63, 3.8) is 0 Å². The predicted molar refractivity (Wildman–Crippen MR) is 65.2 cm³/mol. The van der Waals surface area contributed by atoms with E-state index in [0.29, 0.717) is 12.0 Å². The molecule has 0 bridgehead atoms. The number of ether oxygens (including phenoxy) is 1. The van der Waals surface area contributed by atoms with Gasteiger partial charge in [-0.25, -0.2) is 0 Å². The average molecular weight is 227 g/mol. The summed E-state index contributed by atoms with van der Waals surface area (Å²) in [5.41, 5.74) is 0. The highest BCUT2D eigenvalue weighted by Crippen LogP contribution is 2.27. The van der Waals surface area contributed by atoms with Crippen LogP contribution in [0.15, 0.2) is 0 Å². The minimum absolute atomic E-state index is 0.0232. The zero-order valence-electron chi connectivity index (χ0n) is 11.2. The van der Waals surface area contributed by atoms with Crippen molar-refractivity contribution in [2.45, 2.75) is 40.2 Å². The van der Waals surface area contributed by atoms with Crippen LogP contribution in [0, 0.1) is 17.8 Å². The van der Waals surface area contributed by atoms with E-state index in [2.05, 4.69) is 25.7 Å². The van der Waals surface area contributed by atoms with E-state index >= 15 is 0 Å². The smallest absolute Gasteiger partial charge is 0.309 e. The Labute approximate surface area is 99.1 Å². The van der Waals surface area contributed by atoms with Crippen LogP contribution in [0.1, 0.15) is 34.1 Å². The minimum atomic E-state index is -0.0990. The van der Waals surface area contributed by atoms with Gasteiger partial charge in [-0.2, -0.15) is 0 Å². The van der Waals surface area contributed by atoms with Gasteiger partial charge in [0.2, 0.25) is 0 Å². The first-order chi connectivity index (χ1) is 7.45. The normalized spacial score (nSPS) is 33.4. The highest BCUT2D eigenvalue weighted by Gasteiger charge is 2.30. The molecule has 0 aromatic carbocycles. The molecule has 0 amide bonds. The molecule has 1 heterocycles. The molecule has 1 rings (SSSR count). The molecule has 0 aromatic heterocycles. The summed E-state index contributed by atoms with van der Waals surface area (Å²) in [6, 6.07) is 0.573. The van der Waals surface area contributed by atoms with Crippen LogP contribution >= 0.6 is 0 Å². The van der Waals surface area contributed by atoms with Crippen molar-refractivity contribution in [3.05, 3.63) is 0 Å². The summed E-state index contributed by atoms with van der Waals surface area (Å²) in [5.74, 6) is 1.33. The summed E-state index contributed by atoms with van der Waals surface area (Å²) in [4.78, 5) is 13.8. The van der Waals surface area contributed by atoms with Gasteiger partial charge in [0.1, 0.15) is 0 Å². The Bertz CT molecular complexity index is 242. The molecule has 3 nitrogen and oxygen atoms in total. The molecule has 4 atom stereocenters. The van der Waals surface area contributed by atoms with Crippen molar-refractivity contribution >= 4 is 5.97 Å². The maximum absolute atomic E-state index is 11.4. The first-order valence-corrected chi connectivity index (χ1v) is 6.27. The monoisotopic (exact) mass is 227 g/mol. The molecule has 0 aliphatic carbocycles. The molecule has 1 aliphatic rings. The Hall–Kier alpha value is -0.570. The molecule has 0 saturated carbocycles. The largest absolute Gasteiger partial charge is 0.469 e. The minimum Gasteiger partial charge on any atom is -0.469 e. The van der Waals surface area contributed by atoms with Gasteiger partial charge in [-0.05, 0) is 25.2 Å². The third-order valence-corrected chi connectivity index (χ3v) is 3.83. The molecule has 0 aromatic rings. The number of rotatable bonds is 3. The first-order valence-electron chi connectivity index (χ1n) is 6.27. The molecule has 1 saturated heterocycles. The Morgan fingerprint density at radius 2 is 2.06 bits per heavy atom. The summed E-state index contributed by atoms with van der Waals surface area (Å²) < 4.78 is 4.78. The average Bonchev–Trinajstić information content (AvgIpc) is 2.23. The van der Waals surface area contributed by atoms with Gasteiger partial charge in [-0.3, -0.25) is 9.69 Å². The second kappa shape index (κ2) is 5.67. The van der Waals surface area contributed by atoms with E-state index in [1.165, 1.54) is 13.5 Å². The number of piperidine rings is 1. The highest BCUT2D eigenvalue weighted by molar-refractivity contribution is 5.72. The lowest BCUT2D eigenvalue weighted by molar-refractivity contribution is -0.146. The second-order valence-electron chi connectivity index (χ2n) is 5.44. The number of methoxy groups -OCH3 is 1. The van der Waals surface area contributed by atoms with Crippen molar-refractivity contribution in [2.75, 3.05) is 20.2 Å². The lowest BCUT2D eigenvalue weighted by Gasteiger charge is -2.41. The molecule has 1 fully saturated rings. The Kier molecular flexibility index (Phi) is 4.78. The number of hydrogen-bond acceptors (Lipinski definition) is 3. The molecular weight excluding hydrogens is 202 g/mol. The van der Waals surface area contributed by atoms with Crippen LogP contribution < -0.4 is 0 Å². The van der Waals surface area contributed by atoms with Crippen LogP contribution in [0.2, 0.25) is 0 Å². The van der Waals surface area contributed by atoms with Crippen LogP contribution in [0.25, 0.3) is 0 Å². The SMILES string of the molecule is COC(=O)C(C)CN1CC(C)CC(C)C1C. The predicted octanol–water partition coefficient (Wildman–Crippen LogP) is 2.16. The van der Waals surface area contributed by atoms with Gasteiger partial charge < -0.3 is 4.74 Å². The maximum Gasteiger partial charge on any atom is 0.309 e. The van der Waals surface area contributed by atoms with E-state index in [9.17, 15) is 4.79 Å². The molecule has 1 aliphatic heterocycles. The number of carbonyl (C=O) groups is 1. The van der Waals surface area contributed by atoms with Crippen molar-refractivity contribution < 1.29 is 9.53 Å². The fraction of sp³-hybridized carbons (Fsp3) is 0.923. The van der Waals surface area contributed by atoms with Gasteiger partial charge in [-0.1, -0.05) is 20.8 Å². The molecule has 94 valence electrons. The van der Waals surface area contributed by atoms with Crippen LogP contribution in [-0.2, 0) is 9.53 Å². The van der Waals surface area contributed by atoms with Crippen molar-refractivity contribution in [3.8, 4) is 0 Å². The van der Waals surface area contributed by atoms with Crippen molar-refractivity contribution in [2.24, 2.45) is 17.8 Å². The standard InChI is InChI=1S/C13H25NO2/c1-9-6-10(2)12(4)14(7-9)8-11(3)13(15)16-5/h9-12H,6-8H2,1-5H3. The summed E-state index contributed by atoms with van der Waals surface area (Å²) >= 11 is 0. The third-order valence-electron chi connectivity index (χ3n) is 3.83. The maximum atomic E-state index is 11.4. The lowest BCUT2D eigenvalue weighted by atomic mass is 9.85. The Morgan fingerprint density at radius 1 is 1.44 bits per heavy atom. The molecule has 0 N–H and O–H groups in total. The van der Waals surface area contributed by atoms with Gasteiger partial charge in [0.15, 0.2) is 0 Å². The quantitative estimate of drug-likeness (QED) is 0.692. The number of likely N-dealkylation sites (tertiary alicyclic amines) is 1. The lowest BCUT2D eigenvalue weighted by Crippen LogP contribution is -2.48. The number of carbonyl (C=O) groups excluding carboxylic acids is 1. The van der Waals surface area contributed by atoms with Gasteiger partial charge in [0.25, 0.3) is 0 Å². The van der Waals surface area contributed by atoms with Gasteiger partial charge in [-0.15, -0.1) is 0 Å². The van der Waals surface area contributed by atoms with E-state index < -0.39 is 0 Å². The highest BCUT2D eigenvalue weighted by atomic mass is 16.5. The summed E-state index contributed by atoms with van der Waals surface area (Å²) in [6.45, 7) is 10.7. The number of hydrogen-bond donors (Lipinski definition) is 0. The Balaban J connectivity index is 2.54. The summed E-state index contributed by atoms with van der Waals surface area (Å²) in [5, 5.41) is 0. The number of nitrogens with zero attached hydrogens (tertiary/aromatic N) is 1. The van der Waals surface area contributed by atoms with E-state index in [-0.39, 0.29) is 11.9 Å². The molecule has 0 spiro atoms. The molecule has 0 radical (unpaired) electrons. The van der Waals surface area contributed by atoms with Crippen LogP contribution in [0.4, 0.5) is 0 Å². The topological polar surface area (TPSA) is 29.5 Å². The third kappa shape index (κ3) is 3.21. The zero-order valence-corrected chi connectivity index (χ0v) is 11.2. The number of esters is 1.